The van der Waals surface area contributed by atoms with Gasteiger partial charge >= 0.3 is 5.97 Å². The van der Waals surface area contributed by atoms with Crippen LogP contribution in [0.15, 0.2) is 18.2 Å². The van der Waals surface area contributed by atoms with Crippen LogP contribution >= 0.6 is 0 Å². The standard InChI is InChI=1S/C14H20N2O2/c1-9-4-3-5-12(9)16-13-7-6-10(15)8-11(13)14(17)18-2/h6-9,12,16H,3-5,15H2,1-2H3. The Labute approximate surface area is 108 Å². The zero-order valence-corrected chi connectivity index (χ0v) is 10.9. The Morgan fingerprint density at radius 2 is 2.22 bits per heavy atom. The molecular weight excluding hydrogens is 228 g/mol. The number of benzene rings is 1. The zero-order valence-electron chi connectivity index (χ0n) is 10.9. The van der Waals surface area contributed by atoms with Gasteiger partial charge in [0.1, 0.15) is 0 Å². The fourth-order valence-electron chi connectivity index (χ4n) is 2.53. The Morgan fingerprint density at radius 3 is 2.83 bits per heavy atom. The number of nitrogens with two attached hydrogens (primary N) is 1. The number of hydrogen-bond acceptors (Lipinski definition) is 4. The number of hydrogen-bond donors (Lipinski definition) is 2. The molecule has 18 heavy (non-hydrogen) atoms. The van der Waals surface area contributed by atoms with Crippen molar-refractivity contribution in [2.75, 3.05) is 18.2 Å². The van der Waals surface area contributed by atoms with E-state index in [1.54, 1.807) is 12.1 Å². The molecule has 1 aliphatic rings. The Balaban J connectivity index is 2.23. The molecular formula is C14H20N2O2. The molecule has 0 saturated heterocycles. The summed E-state index contributed by atoms with van der Waals surface area (Å²) in [5.74, 6) is 0.281. The molecule has 0 aromatic heterocycles. The highest BCUT2D eigenvalue weighted by Gasteiger charge is 2.24. The number of nitrogens with one attached hydrogen (secondary N) is 1. The van der Waals surface area contributed by atoms with Crippen LogP contribution in [0.1, 0.15) is 36.5 Å². The molecule has 2 atom stereocenters. The Bertz CT molecular complexity index is 445. The minimum Gasteiger partial charge on any atom is -0.465 e. The van der Waals surface area contributed by atoms with Crippen molar-refractivity contribution in [1.29, 1.82) is 0 Å². The SMILES string of the molecule is COC(=O)c1cc(N)ccc1NC1CCCC1C. The third-order valence-electron chi connectivity index (χ3n) is 3.65. The minimum atomic E-state index is -0.351. The maximum Gasteiger partial charge on any atom is 0.340 e. The maximum atomic E-state index is 11.7. The molecule has 0 aliphatic heterocycles. The van der Waals surface area contributed by atoms with Crippen LogP contribution in [-0.2, 0) is 4.74 Å². The molecule has 1 aliphatic carbocycles. The van der Waals surface area contributed by atoms with Gasteiger partial charge in [-0.3, -0.25) is 0 Å². The predicted molar refractivity (Wildman–Crippen MR) is 72.6 cm³/mol. The summed E-state index contributed by atoms with van der Waals surface area (Å²) in [5.41, 5.74) is 7.62. The number of anilines is 2. The average Bonchev–Trinajstić information content (AvgIpc) is 2.76. The predicted octanol–water partition coefficient (Wildman–Crippen LogP) is 2.66. The van der Waals surface area contributed by atoms with Crippen LogP contribution in [-0.4, -0.2) is 19.1 Å². The normalized spacial score (nSPS) is 22.8. The Kier molecular flexibility index (Phi) is 3.75. The first kappa shape index (κ1) is 12.7. The van der Waals surface area contributed by atoms with Crippen molar-refractivity contribution in [2.24, 2.45) is 5.92 Å². The van der Waals surface area contributed by atoms with Gasteiger partial charge in [0.25, 0.3) is 0 Å². The van der Waals surface area contributed by atoms with Crippen molar-refractivity contribution in [1.82, 2.24) is 0 Å². The van der Waals surface area contributed by atoms with Crippen molar-refractivity contribution in [3.63, 3.8) is 0 Å². The van der Waals surface area contributed by atoms with E-state index in [1.165, 1.54) is 20.0 Å². The van der Waals surface area contributed by atoms with Gasteiger partial charge in [-0.05, 0) is 37.0 Å². The molecule has 2 unspecified atom stereocenters. The number of carbonyl (C=O) groups excluding carboxylic acids is 1. The molecule has 0 spiro atoms. The van der Waals surface area contributed by atoms with Gasteiger partial charge in [-0.2, -0.15) is 0 Å². The summed E-state index contributed by atoms with van der Waals surface area (Å²) >= 11 is 0. The fraction of sp³-hybridized carbons (Fsp3) is 0.500. The zero-order chi connectivity index (χ0) is 13.1. The van der Waals surface area contributed by atoms with E-state index in [0.29, 0.717) is 23.2 Å². The molecule has 2 rings (SSSR count). The van der Waals surface area contributed by atoms with E-state index in [0.717, 1.165) is 12.1 Å². The molecule has 1 aromatic carbocycles. The summed E-state index contributed by atoms with van der Waals surface area (Å²) in [6.45, 7) is 2.24. The second-order valence-electron chi connectivity index (χ2n) is 4.96. The average molecular weight is 248 g/mol. The summed E-state index contributed by atoms with van der Waals surface area (Å²) in [7, 11) is 1.38. The van der Waals surface area contributed by atoms with Crippen molar-refractivity contribution in [2.45, 2.75) is 32.2 Å². The van der Waals surface area contributed by atoms with E-state index in [4.69, 9.17) is 10.5 Å². The van der Waals surface area contributed by atoms with Crippen LogP contribution in [0.5, 0.6) is 0 Å². The highest BCUT2D eigenvalue weighted by atomic mass is 16.5. The minimum absolute atomic E-state index is 0.351. The number of nitrogen functional groups attached to an aromatic ring is 1. The van der Waals surface area contributed by atoms with Gasteiger partial charge < -0.3 is 15.8 Å². The smallest absolute Gasteiger partial charge is 0.340 e. The molecule has 0 bridgehead atoms. The maximum absolute atomic E-state index is 11.7. The fourth-order valence-corrected chi connectivity index (χ4v) is 2.53. The lowest BCUT2D eigenvalue weighted by Gasteiger charge is -2.20. The lowest BCUT2D eigenvalue weighted by molar-refractivity contribution is 0.0602. The number of rotatable bonds is 3. The van der Waals surface area contributed by atoms with E-state index in [-0.39, 0.29) is 5.97 Å². The van der Waals surface area contributed by atoms with Gasteiger partial charge in [-0.15, -0.1) is 0 Å². The van der Waals surface area contributed by atoms with Crippen LogP contribution < -0.4 is 11.1 Å². The Hall–Kier alpha value is -1.71. The number of ether oxygens (including phenoxy) is 1. The van der Waals surface area contributed by atoms with Crippen molar-refractivity contribution >= 4 is 17.3 Å². The van der Waals surface area contributed by atoms with Crippen molar-refractivity contribution < 1.29 is 9.53 Å². The molecule has 3 N–H and O–H groups in total. The second-order valence-corrected chi connectivity index (χ2v) is 4.96. The molecule has 0 amide bonds. The summed E-state index contributed by atoms with van der Waals surface area (Å²) in [6.07, 6.45) is 3.62. The van der Waals surface area contributed by atoms with E-state index in [9.17, 15) is 4.79 Å². The quantitative estimate of drug-likeness (QED) is 0.637. The van der Waals surface area contributed by atoms with Gasteiger partial charge in [-0.1, -0.05) is 13.3 Å². The first-order chi connectivity index (χ1) is 8.61. The molecule has 0 radical (unpaired) electrons. The van der Waals surface area contributed by atoms with Gasteiger partial charge in [-0.25, -0.2) is 4.79 Å². The van der Waals surface area contributed by atoms with Crippen LogP contribution in [0.25, 0.3) is 0 Å². The summed E-state index contributed by atoms with van der Waals surface area (Å²) < 4.78 is 4.79. The molecule has 98 valence electrons. The topological polar surface area (TPSA) is 64.3 Å². The van der Waals surface area contributed by atoms with E-state index in [1.807, 2.05) is 6.07 Å². The van der Waals surface area contributed by atoms with Crippen LogP contribution in [0.4, 0.5) is 11.4 Å². The first-order valence-corrected chi connectivity index (χ1v) is 6.36. The molecule has 4 heteroatoms. The number of esters is 1. The number of carbonyl (C=O) groups is 1. The molecule has 0 heterocycles. The van der Waals surface area contributed by atoms with Crippen LogP contribution in [0.3, 0.4) is 0 Å². The number of methoxy groups -OCH3 is 1. The third kappa shape index (κ3) is 2.58. The van der Waals surface area contributed by atoms with Crippen LogP contribution in [0, 0.1) is 5.92 Å². The van der Waals surface area contributed by atoms with Gasteiger partial charge in [0.2, 0.25) is 0 Å². The van der Waals surface area contributed by atoms with Crippen molar-refractivity contribution in [3.8, 4) is 0 Å². The Morgan fingerprint density at radius 1 is 1.44 bits per heavy atom. The highest BCUT2D eigenvalue weighted by Crippen LogP contribution is 2.30. The van der Waals surface area contributed by atoms with E-state index in [2.05, 4.69) is 12.2 Å². The van der Waals surface area contributed by atoms with Gasteiger partial charge in [0, 0.05) is 17.4 Å². The lowest BCUT2D eigenvalue weighted by atomic mass is 10.0. The highest BCUT2D eigenvalue weighted by molar-refractivity contribution is 5.96. The summed E-state index contributed by atoms with van der Waals surface area (Å²) in [4.78, 5) is 11.7. The molecule has 4 nitrogen and oxygen atoms in total. The molecule has 1 aromatic rings. The van der Waals surface area contributed by atoms with Crippen molar-refractivity contribution in [3.05, 3.63) is 23.8 Å². The lowest BCUT2D eigenvalue weighted by Crippen LogP contribution is -2.23. The first-order valence-electron chi connectivity index (χ1n) is 6.36. The second kappa shape index (κ2) is 5.29. The van der Waals surface area contributed by atoms with Gasteiger partial charge in [0.15, 0.2) is 0 Å². The summed E-state index contributed by atoms with van der Waals surface area (Å²) in [5, 5.41) is 3.45. The van der Waals surface area contributed by atoms with E-state index >= 15 is 0 Å². The summed E-state index contributed by atoms with van der Waals surface area (Å²) in [6, 6.07) is 5.74. The molecule has 1 fully saturated rings. The van der Waals surface area contributed by atoms with Crippen LogP contribution in [0.2, 0.25) is 0 Å². The van der Waals surface area contributed by atoms with E-state index < -0.39 is 0 Å². The monoisotopic (exact) mass is 248 g/mol. The molecule has 1 saturated carbocycles. The third-order valence-corrected chi connectivity index (χ3v) is 3.65. The largest absolute Gasteiger partial charge is 0.465 e. The van der Waals surface area contributed by atoms with Gasteiger partial charge in [0.05, 0.1) is 12.7 Å².